The van der Waals surface area contributed by atoms with Crippen molar-refractivity contribution in [3.63, 3.8) is 0 Å². The van der Waals surface area contributed by atoms with E-state index >= 15 is 0 Å². The molecular weight excluding hydrogens is 354 g/mol. The van der Waals surface area contributed by atoms with Crippen molar-refractivity contribution >= 4 is 28.7 Å². The monoisotopic (exact) mass is 377 g/mol. The number of nitrogens with one attached hydrogen (secondary N) is 2. The SMILES string of the molecule is CCOc1ccc(NC(=S)NN(Cc2ccccc2)c2ccccc2)cc1. The molecule has 0 saturated carbocycles. The van der Waals surface area contributed by atoms with Gasteiger partial charge in [0.15, 0.2) is 5.11 Å². The summed E-state index contributed by atoms with van der Waals surface area (Å²) in [5, 5.41) is 5.77. The third-order valence-corrected chi connectivity index (χ3v) is 4.10. The summed E-state index contributed by atoms with van der Waals surface area (Å²) in [7, 11) is 0. The molecule has 2 N–H and O–H groups in total. The molecule has 3 aromatic rings. The van der Waals surface area contributed by atoms with Crippen molar-refractivity contribution in [3.8, 4) is 5.75 Å². The minimum atomic E-state index is 0.527. The summed E-state index contributed by atoms with van der Waals surface area (Å²) < 4.78 is 5.47. The van der Waals surface area contributed by atoms with Crippen molar-refractivity contribution in [3.05, 3.63) is 90.5 Å². The predicted molar refractivity (Wildman–Crippen MR) is 116 cm³/mol. The number of anilines is 2. The van der Waals surface area contributed by atoms with E-state index in [0.29, 0.717) is 18.3 Å². The van der Waals surface area contributed by atoms with E-state index in [2.05, 4.69) is 35.0 Å². The zero-order chi connectivity index (χ0) is 18.9. The fourth-order valence-corrected chi connectivity index (χ4v) is 2.88. The van der Waals surface area contributed by atoms with Crippen LogP contribution in [-0.2, 0) is 6.54 Å². The van der Waals surface area contributed by atoms with Crippen LogP contribution >= 0.6 is 12.2 Å². The molecule has 3 rings (SSSR count). The minimum Gasteiger partial charge on any atom is -0.494 e. The van der Waals surface area contributed by atoms with Crippen LogP contribution in [-0.4, -0.2) is 11.7 Å². The van der Waals surface area contributed by atoms with Crippen LogP contribution in [0.2, 0.25) is 0 Å². The maximum atomic E-state index is 5.52. The largest absolute Gasteiger partial charge is 0.494 e. The molecule has 0 aliphatic carbocycles. The van der Waals surface area contributed by atoms with Crippen molar-refractivity contribution in [2.45, 2.75) is 13.5 Å². The van der Waals surface area contributed by atoms with Crippen molar-refractivity contribution in [1.82, 2.24) is 5.43 Å². The van der Waals surface area contributed by atoms with Gasteiger partial charge < -0.3 is 10.1 Å². The number of thiocarbonyl (C=S) groups is 1. The van der Waals surface area contributed by atoms with Crippen LogP contribution in [0.5, 0.6) is 5.75 Å². The quantitative estimate of drug-likeness (QED) is 0.448. The third kappa shape index (κ3) is 5.72. The third-order valence-electron chi connectivity index (χ3n) is 3.91. The molecule has 0 spiro atoms. The highest BCUT2D eigenvalue weighted by Gasteiger charge is 2.09. The molecule has 0 aliphatic rings. The van der Waals surface area contributed by atoms with E-state index in [4.69, 9.17) is 17.0 Å². The van der Waals surface area contributed by atoms with E-state index in [1.54, 1.807) is 0 Å². The Hall–Kier alpha value is -3.05. The van der Waals surface area contributed by atoms with Gasteiger partial charge in [-0.25, -0.2) is 0 Å². The van der Waals surface area contributed by atoms with Crippen LogP contribution < -0.4 is 20.5 Å². The number of ether oxygens (including phenoxy) is 1. The first-order chi connectivity index (χ1) is 13.2. The van der Waals surface area contributed by atoms with E-state index in [0.717, 1.165) is 17.1 Å². The van der Waals surface area contributed by atoms with Gasteiger partial charge in [-0.15, -0.1) is 0 Å². The number of benzene rings is 3. The molecule has 5 heteroatoms. The summed E-state index contributed by atoms with van der Waals surface area (Å²) in [6.45, 7) is 3.31. The second-order valence-corrected chi connectivity index (χ2v) is 6.34. The van der Waals surface area contributed by atoms with Gasteiger partial charge in [0.25, 0.3) is 0 Å². The van der Waals surface area contributed by atoms with Crippen LogP contribution in [0, 0.1) is 0 Å². The van der Waals surface area contributed by atoms with E-state index in [9.17, 15) is 0 Å². The molecule has 0 aliphatic heterocycles. The van der Waals surface area contributed by atoms with Crippen molar-refractivity contribution in [1.29, 1.82) is 0 Å². The lowest BCUT2D eigenvalue weighted by molar-refractivity contribution is 0.340. The first-order valence-electron chi connectivity index (χ1n) is 8.91. The minimum absolute atomic E-state index is 0.527. The maximum absolute atomic E-state index is 5.52. The summed E-state index contributed by atoms with van der Waals surface area (Å²) in [6, 6.07) is 28.2. The molecular formula is C22H23N3OS. The first kappa shape index (κ1) is 18.7. The van der Waals surface area contributed by atoms with E-state index in [-0.39, 0.29) is 0 Å². The van der Waals surface area contributed by atoms with Crippen molar-refractivity contribution in [2.24, 2.45) is 0 Å². The zero-order valence-electron chi connectivity index (χ0n) is 15.3. The summed E-state index contributed by atoms with van der Waals surface area (Å²) in [5.41, 5.74) is 6.43. The summed E-state index contributed by atoms with van der Waals surface area (Å²) >= 11 is 5.52. The maximum Gasteiger partial charge on any atom is 0.189 e. The molecule has 0 heterocycles. The van der Waals surface area contributed by atoms with Crippen LogP contribution in [0.4, 0.5) is 11.4 Å². The fourth-order valence-electron chi connectivity index (χ4n) is 2.65. The predicted octanol–water partition coefficient (Wildman–Crippen LogP) is 4.99. The Morgan fingerprint density at radius 2 is 1.52 bits per heavy atom. The van der Waals surface area contributed by atoms with Gasteiger partial charge >= 0.3 is 0 Å². The van der Waals surface area contributed by atoms with E-state index < -0.39 is 0 Å². The highest BCUT2D eigenvalue weighted by atomic mass is 32.1. The van der Waals surface area contributed by atoms with Crippen LogP contribution in [0.25, 0.3) is 0 Å². The van der Waals surface area contributed by atoms with Gasteiger partial charge in [-0.1, -0.05) is 48.5 Å². The lowest BCUT2D eigenvalue weighted by Crippen LogP contribution is -2.44. The molecule has 0 amide bonds. The number of hydrogen-bond donors (Lipinski definition) is 2. The smallest absolute Gasteiger partial charge is 0.189 e. The molecule has 4 nitrogen and oxygen atoms in total. The molecule has 27 heavy (non-hydrogen) atoms. The van der Waals surface area contributed by atoms with Crippen LogP contribution in [0.3, 0.4) is 0 Å². The van der Waals surface area contributed by atoms with Crippen molar-refractivity contribution < 1.29 is 4.74 Å². The normalized spacial score (nSPS) is 10.1. The Labute approximate surface area is 165 Å². The Morgan fingerprint density at radius 3 is 2.15 bits per heavy atom. The Balaban J connectivity index is 1.68. The molecule has 0 saturated heterocycles. The highest BCUT2D eigenvalue weighted by Crippen LogP contribution is 2.17. The second-order valence-electron chi connectivity index (χ2n) is 5.93. The van der Waals surface area contributed by atoms with E-state index in [1.165, 1.54) is 5.56 Å². The average Bonchev–Trinajstić information content (AvgIpc) is 2.71. The van der Waals surface area contributed by atoms with Gasteiger partial charge in [0.1, 0.15) is 5.75 Å². The van der Waals surface area contributed by atoms with Crippen molar-refractivity contribution in [2.75, 3.05) is 16.9 Å². The van der Waals surface area contributed by atoms with Gasteiger partial charge in [-0.2, -0.15) is 0 Å². The number of hydrazine groups is 1. The average molecular weight is 378 g/mol. The Bertz CT molecular complexity index is 838. The molecule has 0 fully saturated rings. The number of para-hydroxylation sites is 1. The molecule has 0 bridgehead atoms. The molecule has 0 radical (unpaired) electrons. The lowest BCUT2D eigenvalue weighted by Gasteiger charge is -2.27. The molecule has 3 aromatic carbocycles. The summed E-state index contributed by atoms with van der Waals surface area (Å²) in [6.07, 6.45) is 0. The Morgan fingerprint density at radius 1 is 0.889 bits per heavy atom. The topological polar surface area (TPSA) is 36.5 Å². The van der Waals surface area contributed by atoms with Gasteiger partial charge in [0.05, 0.1) is 18.8 Å². The second kappa shape index (κ2) is 9.59. The van der Waals surface area contributed by atoms with Gasteiger partial charge in [0.2, 0.25) is 0 Å². The zero-order valence-corrected chi connectivity index (χ0v) is 16.1. The number of nitrogens with zero attached hydrogens (tertiary/aromatic N) is 1. The van der Waals surface area contributed by atoms with Crippen LogP contribution in [0.1, 0.15) is 12.5 Å². The Kier molecular flexibility index (Phi) is 6.66. The first-order valence-corrected chi connectivity index (χ1v) is 9.32. The molecule has 138 valence electrons. The van der Waals surface area contributed by atoms with Gasteiger partial charge in [0, 0.05) is 5.69 Å². The lowest BCUT2D eigenvalue weighted by atomic mass is 10.2. The summed E-state index contributed by atoms with van der Waals surface area (Å²) in [5.74, 6) is 0.844. The summed E-state index contributed by atoms with van der Waals surface area (Å²) in [4.78, 5) is 0. The van der Waals surface area contributed by atoms with E-state index in [1.807, 2.05) is 72.6 Å². The van der Waals surface area contributed by atoms with Gasteiger partial charge in [-0.05, 0) is 61.1 Å². The fraction of sp³-hybridized carbons (Fsp3) is 0.136. The van der Waals surface area contributed by atoms with Gasteiger partial charge in [-0.3, -0.25) is 10.4 Å². The number of rotatable bonds is 7. The molecule has 0 atom stereocenters. The standard InChI is InChI=1S/C22H23N3OS/c1-2-26-21-15-13-19(14-16-21)23-22(27)24-25(20-11-7-4-8-12-20)17-18-9-5-3-6-10-18/h3-16H,2,17H2,1H3,(H2,23,24,27). The molecule has 0 unspecified atom stereocenters. The molecule has 0 aromatic heterocycles. The van der Waals surface area contributed by atoms with Crippen LogP contribution in [0.15, 0.2) is 84.9 Å². The highest BCUT2D eigenvalue weighted by molar-refractivity contribution is 7.80. The number of hydrogen-bond acceptors (Lipinski definition) is 3.